The number of allylic oxidation sites excluding steroid dienone is 8. The van der Waals surface area contributed by atoms with Crippen molar-refractivity contribution in [1.29, 1.82) is 0 Å². The van der Waals surface area contributed by atoms with Gasteiger partial charge in [0.2, 0.25) is 0 Å². The van der Waals surface area contributed by atoms with Crippen molar-refractivity contribution in [3.63, 3.8) is 0 Å². The Hall–Kier alpha value is -2.09. The summed E-state index contributed by atoms with van der Waals surface area (Å²) < 4.78 is 10.7. The molecule has 4 nitrogen and oxygen atoms in total. The third-order valence-electron chi connectivity index (χ3n) is 4.91. The lowest BCUT2D eigenvalue weighted by molar-refractivity contribution is -0.149. The van der Waals surface area contributed by atoms with Crippen LogP contribution in [-0.4, -0.2) is 37.0 Å². The molecular formula is C29H46O4. The Labute approximate surface area is 202 Å². The number of unbranched alkanes of at least 4 members (excludes halogenated alkanes) is 6. The van der Waals surface area contributed by atoms with Gasteiger partial charge < -0.3 is 14.6 Å². The van der Waals surface area contributed by atoms with Gasteiger partial charge in [-0.3, -0.25) is 4.79 Å². The molecule has 0 saturated heterocycles. The van der Waals surface area contributed by atoms with Crippen molar-refractivity contribution in [1.82, 2.24) is 0 Å². The molecule has 1 unspecified atom stereocenters. The van der Waals surface area contributed by atoms with Crippen molar-refractivity contribution in [2.24, 2.45) is 0 Å². The Morgan fingerprint density at radius 2 is 1.45 bits per heavy atom. The highest BCUT2D eigenvalue weighted by Gasteiger charge is 2.11. The van der Waals surface area contributed by atoms with E-state index < -0.39 is 6.10 Å². The first kappa shape index (κ1) is 30.9. The molecule has 1 N–H and O–H groups in total. The third-order valence-corrected chi connectivity index (χ3v) is 4.91. The number of hydrogen-bond acceptors (Lipinski definition) is 4. The fraction of sp³-hybridized carbons (Fsp3) is 0.621. The predicted molar refractivity (Wildman–Crippen MR) is 139 cm³/mol. The Bertz CT molecular complexity index is 595. The van der Waals surface area contributed by atoms with Crippen LogP contribution in [0.3, 0.4) is 0 Å². The molecular weight excluding hydrogens is 412 g/mol. The minimum absolute atomic E-state index is 0.0859. The van der Waals surface area contributed by atoms with Crippen LogP contribution in [0.5, 0.6) is 0 Å². The number of aliphatic hydroxyl groups excluding tert-OH is 1. The van der Waals surface area contributed by atoms with Crippen LogP contribution < -0.4 is 0 Å². The fourth-order valence-electron chi connectivity index (χ4n) is 2.92. The molecule has 33 heavy (non-hydrogen) atoms. The number of carbonyl (C=O) groups excluding carboxylic acids is 1. The van der Waals surface area contributed by atoms with Crippen LogP contribution in [0.25, 0.3) is 0 Å². The molecule has 0 heterocycles. The molecule has 0 radical (unpaired) electrons. The van der Waals surface area contributed by atoms with Crippen LogP contribution in [-0.2, 0) is 14.3 Å². The van der Waals surface area contributed by atoms with E-state index in [1.54, 1.807) is 0 Å². The van der Waals surface area contributed by atoms with Crippen molar-refractivity contribution < 1.29 is 19.4 Å². The Morgan fingerprint density at radius 3 is 2.00 bits per heavy atom. The summed E-state index contributed by atoms with van der Waals surface area (Å²) in [5.74, 6) is 2.19. The van der Waals surface area contributed by atoms with Gasteiger partial charge in [-0.1, -0.05) is 68.4 Å². The normalized spacial score (nSPS) is 12.9. The third kappa shape index (κ3) is 24.4. The molecule has 186 valence electrons. The summed E-state index contributed by atoms with van der Waals surface area (Å²) in [5.41, 5.74) is 0. The Kier molecular flexibility index (Phi) is 24.5. The Morgan fingerprint density at radius 1 is 0.879 bits per heavy atom. The molecule has 0 rings (SSSR count). The second kappa shape index (κ2) is 26.2. The first-order valence-electron chi connectivity index (χ1n) is 12.7. The molecule has 0 spiro atoms. The lowest BCUT2D eigenvalue weighted by Gasteiger charge is -2.15. The van der Waals surface area contributed by atoms with E-state index >= 15 is 0 Å². The second-order valence-corrected chi connectivity index (χ2v) is 8.00. The zero-order valence-electron chi connectivity index (χ0n) is 20.8. The molecule has 0 fully saturated rings. The van der Waals surface area contributed by atoms with Gasteiger partial charge in [0.25, 0.3) is 0 Å². The minimum atomic E-state index is -0.460. The van der Waals surface area contributed by atoms with Crippen molar-refractivity contribution in [3.8, 4) is 12.3 Å². The van der Waals surface area contributed by atoms with Gasteiger partial charge in [0.15, 0.2) is 0 Å². The molecule has 0 bridgehead atoms. The summed E-state index contributed by atoms with van der Waals surface area (Å²) in [6.45, 7) is 2.71. The lowest BCUT2D eigenvalue weighted by Crippen LogP contribution is -2.26. The standard InChI is InChI=1S/C29H46O4/c1-3-5-7-8-9-10-11-12-13-14-15-16-17-18-19-20-21-23-25-32-28(26-30)27-33-29(31)24-22-6-4-2/h2,9-10,12-13,15-16,18-19,28,30H,3,5-8,11,14,17,20-27H2,1H3/b10-9-,13-12-,16-15-,19-18-. The summed E-state index contributed by atoms with van der Waals surface area (Å²) >= 11 is 0. The van der Waals surface area contributed by atoms with Gasteiger partial charge in [-0.2, -0.15) is 0 Å². The van der Waals surface area contributed by atoms with E-state index in [4.69, 9.17) is 15.9 Å². The fourth-order valence-corrected chi connectivity index (χ4v) is 2.92. The topological polar surface area (TPSA) is 55.8 Å². The molecule has 0 aliphatic rings. The number of hydrogen-bond donors (Lipinski definition) is 1. The maximum absolute atomic E-state index is 11.5. The van der Waals surface area contributed by atoms with Crippen LogP contribution in [0.2, 0.25) is 0 Å². The first-order valence-corrected chi connectivity index (χ1v) is 12.7. The SMILES string of the molecule is C#CCCCC(=O)OCC(CO)OCCCC/C=C\C/C=C\C/C=C\C/C=C\CCCCC. The number of esters is 1. The van der Waals surface area contributed by atoms with E-state index in [0.717, 1.165) is 38.5 Å². The zero-order valence-corrected chi connectivity index (χ0v) is 20.8. The van der Waals surface area contributed by atoms with Crippen molar-refractivity contribution in [2.75, 3.05) is 19.8 Å². The van der Waals surface area contributed by atoms with Crippen molar-refractivity contribution in [2.45, 2.75) is 96.5 Å². The van der Waals surface area contributed by atoms with Gasteiger partial charge in [0.1, 0.15) is 12.7 Å². The van der Waals surface area contributed by atoms with Gasteiger partial charge in [-0.05, 0) is 57.8 Å². The van der Waals surface area contributed by atoms with E-state index in [1.165, 1.54) is 25.7 Å². The van der Waals surface area contributed by atoms with Crippen molar-refractivity contribution in [3.05, 3.63) is 48.6 Å². The number of carbonyl (C=O) groups is 1. The van der Waals surface area contributed by atoms with Crippen LogP contribution in [0, 0.1) is 12.3 Å². The van der Waals surface area contributed by atoms with E-state index in [1.807, 2.05) is 0 Å². The molecule has 0 amide bonds. The van der Waals surface area contributed by atoms with Crippen LogP contribution in [0.15, 0.2) is 48.6 Å². The predicted octanol–water partition coefficient (Wildman–Crippen LogP) is 6.86. The summed E-state index contributed by atoms with van der Waals surface area (Å²) in [6.07, 6.45) is 35.0. The van der Waals surface area contributed by atoms with Gasteiger partial charge >= 0.3 is 5.97 Å². The monoisotopic (exact) mass is 458 g/mol. The van der Waals surface area contributed by atoms with E-state index in [2.05, 4.69) is 61.5 Å². The number of rotatable bonds is 22. The maximum Gasteiger partial charge on any atom is 0.305 e. The van der Waals surface area contributed by atoms with Gasteiger partial charge in [0, 0.05) is 19.4 Å². The number of terminal acetylenes is 1. The zero-order chi connectivity index (χ0) is 24.2. The molecule has 0 aromatic rings. The van der Waals surface area contributed by atoms with Gasteiger partial charge in [-0.25, -0.2) is 0 Å². The average molecular weight is 459 g/mol. The molecule has 1 atom stereocenters. The number of ether oxygens (including phenoxy) is 2. The highest BCUT2D eigenvalue weighted by Crippen LogP contribution is 2.04. The number of aliphatic hydroxyl groups is 1. The Balaban J connectivity index is 3.59. The summed E-state index contributed by atoms with van der Waals surface area (Å²) in [7, 11) is 0. The van der Waals surface area contributed by atoms with Crippen LogP contribution in [0.4, 0.5) is 0 Å². The minimum Gasteiger partial charge on any atom is -0.463 e. The second-order valence-electron chi connectivity index (χ2n) is 8.00. The van der Waals surface area contributed by atoms with Crippen LogP contribution in [0.1, 0.15) is 90.4 Å². The average Bonchev–Trinajstić information content (AvgIpc) is 2.82. The molecule has 4 heteroatoms. The molecule has 0 aliphatic heterocycles. The highest BCUT2D eigenvalue weighted by molar-refractivity contribution is 5.69. The quantitative estimate of drug-likeness (QED) is 0.0833. The highest BCUT2D eigenvalue weighted by atomic mass is 16.6. The summed E-state index contributed by atoms with van der Waals surface area (Å²) in [5, 5.41) is 9.34. The van der Waals surface area contributed by atoms with E-state index in [0.29, 0.717) is 25.9 Å². The molecule has 0 aliphatic carbocycles. The van der Waals surface area contributed by atoms with Crippen LogP contribution >= 0.6 is 0 Å². The summed E-state index contributed by atoms with van der Waals surface area (Å²) in [6, 6.07) is 0. The maximum atomic E-state index is 11.5. The van der Waals surface area contributed by atoms with Crippen molar-refractivity contribution >= 4 is 5.97 Å². The van der Waals surface area contributed by atoms with Gasteiger partial charge in [-0.15, -0.1) is 12.3 Å². The van der Waals surface area contributed by atoms with E-state index in [9.17, 15) is 9.90 Å². The largest absolute Gasteiger partial charge is 0.463 e. The molecule has 0 saturated carbocycles. The molecule has 0 aromatic carbocycles. The summed E-state index contributed by atoms with van der Waals surface area (Å²) in [4.78, 5) is 11.5. The molecule has 0 aromatic heterocycles. The first-order chi connectivity index (χ1) is 16.2. The van der Waals surface area contributed by atoms with Gasteiger partial charge in [0.05, 0.1) is 6.61 Å². The van der Waals surface area contributed by atoms with E-state index in [-0.39, 0.29) is 19.2 Å². The lowest BCUT2D eigenvalue weighted by atomic mass is 10.2. The smallest absolute Gasteiger partial charge is 0.305 e.